The Balaban J connectivity index is 1.02. The Kier molecular flexibility index (Phi) is 8.08. The third kappa shape index (κ3) is 5.24. The van der Waals surface area contributed by atoms with E-state index < -0.39 is 35.7 Å². The molecule has 8 rings (SSSR count). The number of ether oxygens (including phenoxy) is 2. The standard InChI is InChI=1S/C38H42F2N6O6/c1-42-17-26(24-7-5-8-25(24)35(42)49)22-13-30(51-3)27(31(14-22)52-4)18-44-12-11-37(38(39,40)21-44)19-45(20-37)28-9-6-10-29-34(28)43(2)36(50)46(29)23-15-32(47)41-33(48)16-23/h6,9-10,13-14,17,23H,5,7-8,11-12,15-16,18-21H2,1-4H3,(H,41,47,48). The second kappa shape index (κ2) is 12.3. The molecule has 4 aromatic rings. The summed E-state index contributed by atoms with van der Waals surface area (Å²) in [4.78, 5) is 54.1. The number of hydrogen-bond donors (Lipinski definition) is 1. The van der Waals surface area contributed by atoms with E-state index in [1.165, 1.54) is 9.13 Å². The second-order valence-corrected chi connectivity index (χ2v) is 14.8. The van der Waals surface area contributed by atoms with Gasteiger partial charge in [-0.15, -0.1) is 0 Å². The van der Waals surface area contributed by atoms with Crippen molar-refractivity contribution in [3.8, 4) is 22.6 Å². The van der Waals surface area contributed by atoms with Crippen molar-refractivity contribution in [3.05, 3.63) is 74.1 Å². The predicted molar refractivity (Wildman–Crippen MR) is 190 cm³/mol. The van der Waals surface area contributed by atoms with E-state index in [9.17, 15) is 19.2 Å². The smallest absolute Gasteiger partial charge is 0.329 e. The lowest BCUT2D eigenvalue weighted by Crippen LogP contribution is -2.70. The summed E-state index contributed by atoms with van der Waals surface area (Å²) >= 11 is 0. The number of benzene rings is 2. The number of hydrogen-bond acceptors (Lipinski definition) is 8. The Bertz CT molecular complexity index is 2230. The van der Waals surface area contributed by atoms with E-state index in [-0.39, 0.29) is 50.1 Å². The summed E-state index contributed by atoms with van der Waals surface area (Å²) < 4.78 is 48.8. The van der Waals surface area contributed by atoms with Gasteiger partial charge in [-0.3, -0.25) is 33.7 Å². The molecule has 2 aromatic heterocycles. The van der Waals surface area contributed by atoms with Crippen molar-refractivity contribution >= 4 is 28.5 Å². The number of aryl methyl sites for hydroxylation is 2. The third-order valence-electron chi connectivity index (χ3n) is 11.7. The van der Waals surface area contributed by atoms with Gasteiger partial charge in [-0.25, -0.2) is 13.6 Å². The second-order valence-electron chi connectivity index (χ2n) is 14.8. The minimum absolute atomic E-state index is 0.00336. The monoisotopic (exact) mass is 716 g/mol. The first-order valence-corrected chi connectivity index (χ1v) is 17.7. The van der Waals surface area contributed by atoms with Gasteiger partial charge in [-0.2, -0.15) is 0 Å². The molecule has 1 spiro atoms. The number of nitrogens with zero attached hydrogens (tertiary/aromatic N) is 5. The van der Waals surface area contributed by atoms with Gasteiger partial charge in [0, 0.05) is 63.9 Å². The molecule has 3 saturated heterocycles. The van der Waals surface area contributed by atoms with Crippen LogP contribution in [-0.4, -0.2) is 76.7 Å². The molecular formula is C38H42F2N6O6. The van der Waals surface area contributed by atoms with E-state index in [4.69, 9.17) is 9.47 Å². The normalized spacial score (nSPS) is 19.9. The number of fused-ring (bicyclic) bond motifs is 2. The zero-order valence-electron chi connectivity index (χ0n) is 29.8. The number of methoxy groups -OCH3 is 2. The van der Waals surface area contributed by atoms with Gasteiger partial charge in [0.25, 0.3) is 11.5 Å². The van der Waals surface area contributed by atoms with Crippen molar-refractivity contribution in [2.45, 2.75) is 57.0 Å². The number of para-hydroxylation sites is 1. The number of amides is 2. The molecule has 1 aliphatic carbocycles. The van der Waals surface area contributed by atoms with Crippen LogP contribution >= 0.6 is 0 Å². The molecule has 0 atom stereocenters. The van der Waals surface area contributed by atoms with Gasteiger partial charge in [0.1, 0.15) is 11.5 Å². The molecule has 0 saturated carbocycles. The summed E-state index contributed by atoms with van der Waals surface area (Å²) in [5, 5.41) is 2.28. The summed E-state index contributed by atoms with van der Waals surface area (Å²) in [6, 6.07) is 8.58. The fraction of sp³-hybridized carbons (Fsp3) is 0.474. The van der Waals surface area contributed by atoms with Crippen LogP contribution in [0.15, 0.2) is 46.1 Å². The number of carbonyl (C=O) groups is 2. The number of imide groups is 1. The Labute approximate surface area is 298 Å². The maximum Gasteiger partial charge on any atom is 0.329 e. The Morgan fingerprint density at radius 3 is 2.25 bits per heavy atom. The summed E-state index contributed by atoms with van der Waals surface area (Å²) in [6.45, 7) is 0.483. The van der Waals surface area contributed by atoms with Crippen molar-refractivity contribution in [2.24, 2.45) is 19.5 Å². The van der Waals surface area contributed by atoms with Gasteiger partial charge < -0.3 is 18.9 Å². The van der Waals surface area contributed by atoms with Gasteiger partial charge >= 0.3 is 5.69 Å². The average molecular weight is 717 g/mol. The minimum atomic E-state index is -3.00. The molecular weight excluding hydrogens is 674 g/mol. The Hall–Kier alpha value is -4.98. The van der Waals surface area contributed by atoms with Crippen LogP contribution in [0.2, 0.25) is 0 Å². The van der Waals surface area contributed by atoms with Crippen LogP contribution in [0.5, 0.6) is 11.5 Å². The van der Waals surface area contributed by atoms with Gasteiger partial charge in [0.2, 0.25) is 11.8 Å². The summed E-state index contributed by atoms with van der Waals surface area (Å²) in [5.41, 5.74) is 4.62. The number of alkyl halides is 2. The summed E-state index contributed by atoms with van der Waals surface area (Å²) in [7, 11) is 6.50. The summed E-state index contributed by atoms with van der Waals surface area (Å²) in [6.07, 6.45) is 4.62. The van der Waals surface area contributed by atoms with Crippen LogP contribution < -0.4 is 30.9 Å². The van der Waals surface area contributed by atoms with Crippen LogP contribution in [0.4, 0.5) is 14.5 Å². The van der Waals surface area contributed by atoms with Gasteiger partial charge in [0.15, 0.2) is 0 Å². The van der Waals surface area contributed by atoms with Crippen LogP contribution in [-0.2, 0) is 43.1 Å². The van der Waals surface area contributed by atoms with E-state index >= 15 is 8.78 Å². The zero-order valence-corrected chi connectivity index (χ0v) is 29.8. The number of pyridine rings is 1. The lowest BCUT2D eigenvalue weighted by Gasteiger charge is -2.58. The highest BCUT2D eigenvalue weighted by Crippen LogP contribution is 2.52. The molecule has 274 valence electrons. The average Bonchev–Trinajstić information content (AvgIpc) is 3.68. The lowest BCUT2D eigenvalue weighted by molar-refractivity contribution is -0.181. The van der Waals surface area contributed by atoms with Crippen molar-refractivity contribution in [1.29, 1.82) is 0 Å². The van der Waals surface area contributed by atoms with Crippen molar-refractivity contribution in [2.75, 3.05) is 45.3 Å². The molecule has 1 N–H and O–H groups in total. The van der Waals surface area contributed by atoms with E-state index in [1.54, 1.807) is 49.9 Å². The highest BCUT2D eigenvalue weighted by Gasteiger charge is 2.62. The van der Waals surface area contributed by atoms with Crippen molar-refractivity contribution in [1.82, 2.24) is 23.9 Å². The topological polar surface area (TPSA) is 120 Å². The molecule has 14 heteroatoms. The first-order valence-electron chi connectivity index (χ1n) is 17.7. The number of nitrogens with one attached hydrogen (secondary N) is 1. The molecule has 0 unspecified atom stereocenters. The number of aromatic nitrogens is 3. The van der Waals surface area contributed by atoms with Crippen molar-refractivity contribution in [3.63, 3.8) is 0 Å². The molecule has 0 bridgehead atoms. The van der Waals surface area contributed by atoms with Crippen LogP contribution in [0.1, 0.15) is 48.4 Å². The van der Waals surface area contributed by atoms with E-state index in [1.807, 2.05) is 29.3 Å². The number of halogens is 2. The number of imidazole rings is 1. The third-order valence-corrected chi connectivity index (χ3v) is 11.7. The molecule has 0 radical (unpaired) electrons. The SMILES string of the molecule is COc1cc(-c2cn(C)c(=O)c3c2CCC3)cc(OC)c1CN1CCC2(CN(c3cccc4c3n(C)c(=O)n4C3CC(=O)NC(=O)C3)C2)C(F)(F)C1. The number of rotatable bonds is 7. The largest absolute Gasteiger partial charge is 0.496 e. The number of anilines is 1. The minimum Gasteiger partial charge on any atom is -0.496 e. The Morgan fingerprint density at radius 2 is 1.60 bits per heavy atom. The number of piperidine rings is 2. The first-order chi connectivity index (χ1) is 24.8. The number of carbonyl (C=O) groups excluding carboxylic acids is 2. The maximum absolute atomic E-state index is 16.3. The molecule has 2 aromatic carbocycles. The highest BCUT2D eigenvalue weighted by molar-refractivity contribution is 5.98. The van der Waals surface area contributed by atoms with E-state index in [0.29, 0.717) is 40.3 Å². The zero-order chi connectivity index (χ0) is 36.7. The lowest BCUT2D eigenvalue weighted by atomic mass is 9.68. The molecule has 52 heavy (non-hydrogen) atoms. The van der Waals surface area contributed by atoms with Crippen molar-refractivity contribution < 1.29 is 27.8 Å². The predicted octanol–water partition coefficient (Wildman–Crippen LogP) is 3.54. The fourth-order valence-corrected chi connectivity index (χ4v) is 9.02. The van der Waals surface area contributed by atoms with Gasteiger partial charge in [-0.1, -0.05) is 6.07 Å². The van der Waals surface area contributed by atoms with Gasteiger partial charge in [-0.05, 0) is 67.6 Å². The molecule has 3 aliphatic heterocycles. The van der Waals surface area contributed by atoms with Crippen LogP contribution in [0.3, 0.4) is 0 Å². The van der Waals surface area contributed by atoms with E-state index in [0.717, 1.165) is 41.5 Å². The fourth-order valence-electron chi connectivity index (χ4n) is 9.02. The van der Waals surface area contributed by atoms with Crippen LogP contribution in [0.25, 0.3) is 22.2 Å². The van der Waals surface area contributed by atoms with E-state index in [2.05, 4.69) is 5.32 Å². The maximum atomic E-state index is 16.3. The molecule has 12 nitrogen and oxygen atoms in total. The van der Waals surface area contributed by atoms with Gasteiger partial charge in [0.05, 0.1) is 54.5 Å². The Morgan fingerprint density at radius 1 is 0.923 bits per heavy atom. The summed E-state index contributed by atoms with van der Waals surface area (Å²) in [5.74, 6) is -2.79. The molecule has 5 heterocycles. The first kappa shape index (κ1) is 34.1. The number of likely N-dealkylation sites (tertiary alicyclic amines) is 1. The van der Waals surface area contributed by atoms with Crippen LogP contribution in [0, 0.1) is 5.41 Å². The quantitative estimate of drug-likeness (QED) is 0.289. The highest BCUT2D eigenvalue weighted by atomic mass is 19.3. The molecule has 3 fully saturated rings. The molecule has 4 aliphatic rings. The molecule has 2 amide bonds.